The van der Waals surface area contributed by atoms with Gasteiger partial charge in [-0.25, -0.2) is 9.97 Å². The van der Waals surface area contributed by atoms with Crippen molar-refractivity contribution in [2.24, 2.45) is 0 Å². The fraction of sp³-hybridized carbons (Fsp3) is 0.211. The Balaban J connectivity index is 0.00000385. The molecule has 0 spiro atoms. The first-order chi connectivity index (χ1) is 15.2. The average molecular weight is 462 g/mol. The van der Waals surface area contributed by atoms with Gasteiger partial charge in [-0.15, -0.1) is 0 Å². The van der Waals surface area contributed by atoms with Crippen LogP contribution in [0.2, 0.25) is 0 Å². The third-order valence-electron chi connectivity index (χ3n) is 4.36. The molecular formula is C19H19N8NaO5. The molecule has 2 heterocycles. The minimum Gasteiger partial charge on any atom is -0.548 e. The van der Waals surface area contributed by atoms with Gasteiger partial charge in [-0.05, 0) is 30.7 Å². The number of carboxylic acid groups (broad SMARTS) is 2. The molecule has 0 aliphatic heterocycles. The number of nitrogen functional groups attached to an aromatic ring is 2. The summed E-state index contributed by atoms with van der Waals surface area (Å²) in [5, 5.41) is 25.1. The number of anilines is 3. The maximum absolute atomic E-state index is 12.3. The van der Waals surface area contributed by atoms with Gasteiger partial charge in [-0.3, -0.25) is 9.59 Å². The third-order valence-corrected chi connectivity index (χ3v) is 4.36. The van der Waals surface area contributed by atoms with Gasteiger partial charge in [0.1, 0.15) is 0 Å². The summed E-state index contributed by atoms with van der Waals surface area (Å²) < 4.78 is 0. The van der Waals surface area contributed by atoms with E-state index in [1.54, 1.807) is 12.1 Å². The van der Waals surface area contributed by atoms with E-state index in [1.807, 2.05) is 0 Å². The number of nitrogens with one attached hydrogen (secondary N) is 2. The number of carbonyl (C=O) groups excluding carboxylic acids is 2. The molecule has 0 radical (unpaired) electrons. The topological polar surface area (TPSA) is 222 Å². The quantitative estimate of drug-likeness (QED) is 0.191. The number of rotatable bonds is 9. The third kappa shape index (κ3) is 6.97. The van der Waals surface area contributed by atoms with Gasteiger partial charge in [0.25, 0.3) is 5.91 Å². The summed E-state index contributed by atoms with van der Waals surface area (Å²) in [6, 6.07) is 4.80. The summed E-state index contributed by atoms with van der Waals surface area (Å²) in [4.78, 5) is 50.3. The number of fused-ring (bicyclic) bond motifs is 1. The molecule has 33 heavy (non-hydrogen) atoms. The number of nitrogens with zero attached hydrogens (tertiary/aromatic N) is 4. The molecule has 0 saturated heterocycles. The second kappa shape index (κ2) is 11.4. The van der Waals surface area contributed by atoms with Gasteiger partial charge in [-0.2, -0.15) is 9.97 Å². The van der Waals surface area contributed by atoms with E-state index in [2.05, 4.69) is 30.6 Å². The Kier molecular flexibility index (Phi) is 8.85. The van der Waals surface area contributed by atoms with Crippen LogP contribution >= 0.6 is 0 Å². The number of aromatic nitrogens is 4. The van der Waals surface area contributed by atoms with Crippen molar-refractivity contribution in [3.63, 3.8) is 0 Å². The van der Waals surface area contributed by atoms with E-state index < -0.39 is 30.3 Å². The molecule has 14 heteroatoms. The molecule has 3 aromatic rings. The average Bonchev–Trinajstić information content (AvgIpc) is 2.75. The maximum Gasteiger partial charge on any atom is 1.00 e. The SMILES string of the molecule is Nc1nc(N)c2nc(CNc3ccc(C(=O)NC(CCC(=O)O)C(=O)[O-])cc3)cnc2n1.[Na+]. The second-order valence-corrected chi connectivity index (χ2v) is 6.71. The van der Waals surface area contributed by atoms with Crippen LogP contribution in [0.15, 0.2) is 30.5 Å². The minimum absolute atomic E-state index is 0. The van der Waals surface area contributed by atoms with Crippen molar-refractivity contribution in [3.05, 3.63) is 41.7 Å². The number of hydrogen-bond acceptors (Lipinski definition) is 11. The van der Waals surface area contributed by atoms with E-state index in [0.717, 1.165) is 0 Å². The standard InChI is InChI=1S/C19H20N8O5.Na/c20-15-14-16(27-19(21)26-15)23-8-11(24-14)7-22-10-3-1-9(2-4-10)17(30)25-12(18(31)32)5-6-13(28)29;/h1-4,8,12,22H,5-7H2,(H,25,30)(H,28,29)(H,31,32)(H4,20,21,23,26,27);/q;+1/p-1. The number of nitrogens with two attached hydrogens (primary N) is 2. The van der Waals surface area contributed by atoms with Crippen molar-refractivity contribution in [3.8, 4) is 0 Å². The zero-order valence-electron chi connectivity index (χ0n) is 17.6. The Bertz CT molecular complexity index is 1170. The Morgan fingerprint density at radius 1 is 1.09 bits per heavy atom. The molecule has 1 atom stereocenters. The zero-order valence-corrected chi connectivity index (χ0v) is 19.6. The minimum atomic E-state index is -1.55. The normalized spacial score (nSPS) is 11.3. The van der Waals surface area contributed by atoms with Gasteiger partial charge in [0.15, 0.2) is 17.0 Å². The van der Waals surface area contributed by atoms with E-state index in [1.165, 1.54) is 18.3 Å². The summed E-state index contributed by atoms with van der Waals surface area (Å²) in [5.74, 6) is -3.26. The van der Waals surface area contributed by atoms with Crippen molar-refractivity contribution >= 4 is 46.5 Å². The largest absolute Gasteiger partial charge is 1.00 e. The molecule has 2 aromatic heterocycles. The number of amides is 1. The van der Waals surface area contributed by atoms with Gasteiger partial charge < -0.3 is 37.1 Å². The van der Waals surface area contributed by atoms with Crippen molar-refractivity contribution in [1.82, 2.24) is 25.3 Å². The Hall–Kier alpha value is -3.55. The summed E-state index contributed by atoms with van der Waals surface area (Å²) in [5.41, 5.74) is 13.4. The van der Waals surface area contributed by atoms with E-state index in [4.69, 9.17) is 16.6 Å². The maximum atomic E-state index is 12.3. The summed E-state index contributed by atoms with van der Waals surface area (Å²) in [7, 11) is 0. The molecular weight excluding hydrogens is 443 g/mol. The molecule has 1 unspecified atom stereocenters. The molecule has 3 rings (SSSR count). The molecule has 7 N–H and O–H groups in total. The van der Waals surface area contributed by atoms with Crippen molar-refractivity contribution in [1.29, 1.82) is 0 Å². The van der Waals surface area contributed by atoms with E-state index in [0.29, 0.717) is 23.4 Å². The molecule has 13 nitrogen and oxygen atoms in total. The Morgan fingerprint density at radius 3 is 2.42 bits per heavy atom. The van der Waals surface area contributed by atoms with E-state index in [9.17, 15) is 19.5 Å². The monoisotopic (exact) mass is 462 g/mol. The summed E-state index contributed by atoms with van der Waals surface area (Å²) in [6.07, 6.45) is 0.822. The van der Waals surface area contributed by atoms with Gasteiger partial charge >= 0.3 is 35.5 Å². The molecule has 0 aliphatic carbocycles. The van der Waals surface area contributed by atoms with Crippen molar-refractivity contribution in [2.75, 3.05) is 16.8 Å². The fourth-order valence-corrected chi connectivity index (χ4v) is 2.76. The van der Waals surface area contributed by atoms with Crippen LogP contribution in [0.1, 0.15) is 28.9 Å². The Morgan fingerprint density at radius 2 is 1.79 bits per heavy atom. The first kappa shape index (κ1) is 25.7. The van der Waals surface area contributed by atoms with Gasteiger partial charge in [-0.1, -0.05) is 0 Å². The van der Waals surface area contributed by atoms with Crippen LogP contribution in [0.25, 0.3) is 11.2 Å². The molecule has 1 aromatic carbocycles. The number of carbonyl (C=O) groups is 3. The predicted molar refractivity (Wildman–Crippen MR) is 111 cm³/mol. The molecule has 166 valence electrons. The molecule has 0 saturated carbocycles. The van der Waals surface area contributed by atoms with E-state index in [-0.39, 0.29) is 59.0 Å². The number of hydrogen-bond donors (Lipinski definition) is 5. The Labute approximate surface area is 209 Å². The smallest absolute Gasteiger partial charge is 0.548 e. The number of carboxylic acids is 2. The summed E-state index contributed by atoms with van der Waals surface area (Å²) in [6.45, 7) is 0.292. The fourth-order valence-electron chi connectivity index (χ4n) is 2.76. The van der Waals surface area contributed by atoms with Crippen molar-refractivity contribution in [2.45, 2.75) is 25.4 Å². The van der Waals surface area contributed by atoms with Crippen LogP contribution in [-0.4, -0.2) is 48.9 Å². The second-order valence-electron chi connectivity index (χ2n) is 6.71. The number of benzene rings is 1. The van der Waals surface area contributed by atoms with Gasteiger partial charge in [0.05, 0.1) is 30.4 Å². The molecule has 0 aliphatic rings. The van der Waals surface area contributed by atoms with E-state index >= 15 is 0 Å². The van der Waals surface area contributed by atoms with Crippen molar-refractivity contribution < 1.29 is 54.2 Å². The van der Waals surface area contributed by atoms with Crippen LogP contribution in [0.4, 0.5) is 17.5 Å². The number of aliphatic carboxylic acids is 2. The van der Waals surface area contributed by atoms with Crippen LogP contribution in [-0.2, 0) is 16.1 Å². The van der Waals surface area contributed by atoms with Crippen LogP contribution < -0.4 is 56.8 Å². The first-order valence-electron chi connectivity index (χ1n) is 9.35. The predicted octanol–water partition coefficient (Wildman–Crippen LogP) is -4.09. The van der Waals surface area contributed by atoms with Crippen LogP contribution in [0.5, 0.6) is 0 Å². The van der Waals surface area contributed by atoms with Gasteiger partial charge in [0.2, 0.25) is 5.95 Å². The zero-order chi connectivity index (χ0) is 23.3. The molecule has 0 bridgehead atoms. The van der Waals surface area contributed by atoms with Gasteiger partial charge in [0, 0.05) is 17.7 Å². The summed E-state index contributed by atoms with van der Waals surface area (Å²) >= 11 is 0. The van der Waals surface area contributed by atoms with Crippen LogP contribution in [0.3, 0.4) is 0 Å². The molecule has 1 amide bonds. The van der Waals surface area contributed by atoms with Crippen LogP contribution in [0, 0.1) is 0 Å². The molecule has 0 fully saturated rings. The first-order valence-corrected chi connectivity index (χ1v) is 9.35.